The minimum atomic E-state index is -0.0734. The number of hydrogen-bond donors (Lipinski definition) is 1. The van der Waals surface area contributed by atoms with E-state index in [9.17, 15) is 4.79 Å². The molecule has 0 saturated heterocycles. The summed E-state index contributed by atoms with van der Waals surface area (Å²) in [6.07, 6.45) is 5.08. The molecule has 1 aliphatic rings. The molecule has 2 rings (SSSR count). The van der Waals surface area contributed by atoms with Crippen LogP contribution in [0.5, 0.6) is 0 Å². The van der Waals surface area contributed by atoms with Gasteiger partial charge in [0.2, 0.25) is 0 Å². The summed E-state index contributed by atoms with van der Waals surface area (Å²) in [5, 5.41) is 7.37. The summed E-state index contributed by atoms with van der Waals surface area (Å²) in [6, 6.07) is 2.14. The minimum Gasteiger partial charge on any atom is -0.381 e. The average molecular weight is 237 g/mol. The van der Waals surface area contributed by atoms with Crippen molar-refractivity contribution in [3.8, 4) is 0 Å². The zero-order valence-corrected chi connectivity index (χ0v) is 10.2. The Morgan fingerprint density at radius 2 is 2.35 bits per heavy atom. The first-order valence-corrected chi connectivity index (χ1v) is 6.21. The molecule has 5 nitrogen and oxygen atoms in total. The van der Waals surface area contributed by atoms with E-state index < -0.39 is 0 Å². The van der Waals surface area contributed by atoms with Crippen LogP contribution in [0.3, 0.4) is 0 Å². The second kappa shape index (κ2) is 5.82. The Labute approximate surface area is 101 Å². The van der Waals surface area contributed by atoms with Crippen LogP contribution < -0.4 is 10.9 Å². The third-order valence-electron chi connectivity index (χ3n) is 2.61. The van der Waals surface area contributed by atoms with Gasteiger partial charge in [-0.05, 0) is 19.3 Å². The maximum Gasteiger partial charge on any atom is 0.268 e. The first-order valence-electron chi connectivity index (χ1n) is 6.21. The van der Waals surface area contributed by atoms with Gasteiger partial charge in [0.05, 0.1) is 25.0 Å². The number of nitrogens with one attached hydrogen (secondary N) is 1. The Morgan fingerprint density at radius 1 is 1.53 bits per heavy atom. The van der Waals surface area contributed by atoms with Gasteiger partial charge in [-0.3, -0.25) is 4.79 Å². The predicted octanol–water partition coefficient (Wildman–Crippen LogP) is 1.24. The molecule has 0 aromatic carbocycles. The first-order chi connectivity index (χ1) is 8.29. The van der Waals surface area contributed by atoms with Crippen LogP contribution >= 0.6 is 0 Å². The molecule has 5 heteroatoms. The minimum absolute atomic E-state index is 0.0734. The lowest BCUT2D eigenvalue weighted by Gasteiger charge is -2.07. The van der Waals surface area contributed by atoms with Crippen molar-refractivity contribution in [3.05, 3.63) is 22.6 Å². The van der Waals surface area contributed by atoms with Gasteiger partial charge in [-0.15, -0.1) is 0 Å². The fraction of sp³-hybridized carbons (Fsp3) is 0.667. The molecular weight excluding hydrogens is 218 g/mol. The Bertz CT molecular complexity index is 412. The van der Waals surface area contributed by atoms with E-state index in [0.717, 1.165) is 18.7 Å². The van der Waals surface area contributed by atoms with Crippen molar-refractivity contribution in [1.29, 1.82) is 0 Å². The van der Waals surface area contributed by atoms with Crippen LogP contribution in [-0.4, -0.2) is 29.0 Å². The molecule has 0 aliphatic heterocycles. The molecule has 1 fully saturated rings. The molecule has 1 aromatic rings. The summed E-state index contributed by atoms with van der Waals surface area (Å²) >= 11 is 0. The van der Waals surface area contributed by atoms with Crippen molar-refractivity contribution >= 4 is 5.69 Å². The third kappa shape index (κ3) is 3.85. The Balaban J connectivity index is 1.87. The standard InChI is InChI=1S/C12H19N3O2/c1-2-6-17-7-5-15-12(16)8-11(9-13-15)14-10-3-4-10/h8-10,14H,2-7H2,1H3. The van der Waals surface area contributed by atoms with Gasteiger partial charge < -0.3 is 10.1 Å². The van der Waals surface area contributed by atoms with Gasteiger partial charge in [-0.25, -0.2) is 4.68 Å². The van der Waals surface area contributed by atoms with E-state index in [1.807, 2.05) is 0 Å². The fourth-order valence-corrected chi connectivity index (χ4v) is 1.54. The second-order valence-electron chi connectivity index (χ2n) is 4.34. The molecule has 17 heavy (non-hydrogen) atoms. The van der Waals surface area contributed by atoms with E-state index in [4.69, 9.17) is 4.74 Å². The summed E-state index contributed by atoms with van der Waals surface area (Å²) in [6.45, 7) is 3.84. The molecule has 1 aliphatic carbocycles. The Hall–Kier alpha value is -1.36. The summed E-state index contributed by atoms with van der Waals surface area (Å²) in [5.74, 6) is 0. The van der Waals surface area contributed by atoms with Gasteiger partial charge in [0.25, 0.3) is 5.56 Å². The molecule has 1 heterocycles. The van der Waals surface area contributed by atoms with Crippen LogP contribution in [0.2, 0.25) is 0 Å². The molecule has 1 saturated carbocycles. The summed E-state index contributed by atoms with van der Waals surface area (Å²) < 4.78 is 6.77. The monoisotopic (exact) mass is 237 g/mol. The Kier molecular flexibility index (Phi) is 4.14. The van der Waals surface area contributed by atoms with Gasteiger partial charge in [0, 0.05) is 18.7 Å². The average Bonchev–Trinajstić information content (AvgIpc) is 3.11. The number of rotatable bonds is 7. The zero-order valence-electron chi connectivity index (χ0n) is 10.2. The van der Waals surface area contributed by atoms with Crippen LogP contribution in [0.25, 0.3) is 0 Å². The number of ether oxygens (including phenoxy) is 1. The van der Waals surface area contributed by atoms with E-state index in [2.05, 4.69) is 17.3 Å². The Morgan fingerprint density at radius 3 is 3.00 bits per heavy atom. The van der Waals surface area contributed by atoms with Crippen molar-refractivity contribution in [3.63, 3.8) is 0 Å². The van der Waals surface area contributed by atoms with E-state index in [1.54, 1.807) is 12.3 Å². The molecule has 0 amide bonds. The van der Waals surface area contributed by atoms with Gasteiger partial charge in [0.15, 0.2) is 0 Å². The van der Waals surface area contributed by atoms with Crippen molar-refractivity contribution in [1.82, 2.24) is 9.78 Å². The van der Waals surface area contributed by atoms with E-state index in [-0.39, 0.29) is 5.56 Å². The number of aromatic nitrogens is 2. The highest BCUT2D eigenvalue weighted by atomic mass is 16.5. The highest BCUT2D eigenvalue weighted by Crippen LogP contribution is 2.23. The SMILES string of the molecule is CCCOCCn1ncc(NC2CC2)cc1=O. The summed E-state index contributed by atoms with van der Waals surface area (Å²) in [5.41, 5.74) is 0.749. The van der Waals surface area contributed by atoms with Crippen molar-refractivity contribution in [2.45, 2.75) is 38.8 Å². The molecule has 0 unspecified atom stereocenters. The topological polar surface area (TPSA) is 56.1 Å². The van der Waals surface area contributed by atoms with E-state index in [1.165, 1.54) is 17.5 Å². The smallest absolute Gasteiger partial charge is 0.268 e. The number of hydrogen-bond acceptors (Lipinski definition) is 4. The lowest BCUT2D eigenvalue weighted by atomic mass is 10.4. The molecule has 1 N–H and O–H groups in total. The van der Waals surface area contributed by atoms with Crippen LogP contribution in [0, 0.1) is 0 Å². The molecule has 94 valence electrons. The lowest BCUT2D eigenvalue weighted by Crippen LogP contribution is -2.25. The first kappa shape index (κ1) is 12.1. The van der Waals surface area contributed by atoms with Gasteiger partial charge >= 0.3 is 0 Å². The summed E-state index contributed by atoms with van der Waals surface area (Å²) in [7, 11) is 0. The lowest BCUT2D eigenvalue weighted by molar-refractivity contribution is 0.123. The molecule has 0 radical (unpaired) electrons. The van der Waals surface area contributed by atoms with Crippen LogP contribution in [0.1, 0.15) is 26.2 Å². The third-order valence-corrected chi connectivity index (χ3v) is 2.61. The highest BCUT2D eigenvalue weighted by molar-refractivity contribution is 5.41. The molecule has 0 spiro atoms. The second-order valence-corrected chi connectivity index (χ2v) is 4.34. The molecule has 0 bridgehead atoms. The summed E-state index contributed by atoms with van der Waals surface area (Å²) in [4.78, 5) is 11.7. The maximum atomic E-state index is 11.7. The van der Waals surface area contributed by atoms with Gasteiger partial charge in [-0.2, -0.15) is 5.10 Å². The van der Waals surface area contributed by atoms with Crippen LogP contribution in [0.4, 0.5) is 5.69 Å². The number of nitrogens with zero attached hydrogens (tertiary/aromatic N) is 2. The van der Waals surface area contributed by atoms with E-state index in [0.29, 0.717) is 19.2 Å². The largest absolute Gasteiger partial charge is 0.381 e. The maximum absolute atomic E-state index is 11.7. The predicted molar refractivity (Wildman–Crippen MR) is 66.3 cm³/mol. The molecule has 0 atom stereocenters. The van der Waals surface area contributed by atoms with Crippen LogP contribution in [0.15, 0.2) is 17.1 Å². The van der Waals surface area contributed by atoms with E-state index >= 15 is 0 Å². The van der Waals surface area contributed by atoms with Crippen molar-refractivity contribution in [2.24, 2.45) is 0 Å². The number of anilines is 1. The molecule has 1 aromatic heterocycles. The quantitative estimate of drug-likeness (QED) is 0.725. The van der Waals surface area contributed by atoms with Crippen LogP contribution in [-0.2, 0) is 11.3 Å². The highest BCUT2D eigenvalue weighted by Gasteiger charge is 2.20. The fourth-order valence-electron chi connectivity index (χ4n) is 1.54. The zero-order chi connectivity index (χ0) is 12.1. The van der Waals surface area contributed by atoms with Crippen molar-refractivity contribution in [2.75, 3.05) is 18.5 Å². The molecular formula is C12H19N3O2. The van der Waals surface area contributed by atoms with Gasteiger partial charge in [0.1, 0.15) is 0 Å². The van der Waals surface area contributed by atoms with Gasteiger partial charge in [-0.1, -0.05) is 6.92 Å². The van der Waals surface area contributed by atoms with Crippen molar-refractivity contribution < 1.29 is 4.74 Å². The normalized spacial score (nSPS) is 14.9.